The van der Waals surface area contributed by atoms with E-state index in [2.05, 4.69) is 4.98 Å². The van der Waals surface area contributed by atoms with Gasteiger partial charge in [-0.15, -0.1) is 0 Å². The minimum Gasteiger partial charge on any atom is -0.494 e. The number of hydrogen-bond donors (Lipinski definition) is 0. The van der Waals surface area contributed by atoms with Crippen molar-refractivity contribution in [2.75, 3.05) is 7.11 Å². The van der Waals surface area contributed by atoms with Crippen molar-refractivity contribution in [1.82, 2.24) is 4.98 Å². The Bertz CT molecular complexity index is 757. The van der Waals surface area contributed by atoms with Gasteiger partial charge in [-0.05, 0) is 18.2 Å². The summed E-state index contributed by atoms with van der Waals surface area (Å²) >= 11 is 0. The van der Waals surface area contributed by atoms with Crippen LogP contribution < -0.4 is 4.74 Å². The summed E-state index contributed by atoms with van der Waals surface area (Å²) < 4.78 is 43.8. The number of Topliss-reactive ketones (excluding diaryl/α,β-unsaturated/α-hetero) is 2. The van der Waals surface area contributed by atoms with Crippen LogP contribution in [-0.2, 0) is 6.18 Å². The van der Waals surface area contributed by atoms with Crippen LogP contribution in [0.3, 0.4) is 0 Å². The predicted octanol–water partition coefficient (Wildman–Crippen LogP) is 3.95. The summed E-state index contributed by atoms with van der Waals surface area (Å²) in [5.41, 5.74) is -1.39. The van der Waals surface area contributed by atoms with Crippen molar-refractivity contribution in [3.05, 3.63) is 59.4 Å². The van der Waals surface area contributed by atoms with Crippen molar-refractivity contribution >= 4 is 11.6 Å². The molecule has 0 unspecified atom stereocenters. The molecule has 0 amide bonds. The first-order valence-corrected chi connectivity index (χ1v) is 7.06. The van der Waals surface area contributed by atoms with Crippen molar-refractivity contribution in [1.29, 1.82) is 0 Å². The van der Waals surface area contributed by atoms with E-state index in [-0.39, 0.29) is 24.3 Å². The number of methoxy groups -OCH3 is 1. The van der Waals surface area contributed by atoms with Crippen LogP contribution in [0, 0.1) is 0 Å². The van der Waals surface area contributed by atoms with E-state index in [0.29, 0.717) is 0 Å². The van der Waals surface area contributed by atoms with E-state index in [4.69, 9.17) is 4.74 Å². The van der Waals surface area contributed by atoms with Crippen molar-refractivity contribution in [2.24, 2.45) is 0 Å². The molecule has 0 saturated carbocycles. The summed E-state index contributed by atoms with van der Waals surface area (Å²) in [4.78, 5) is 28.1. The maximum Gasteiger partial charge on any atom is 0.417 e. The number of nitrogens with zero attached hydrogens (tertiary/aromatic N) is 1. The van der Waals surface area contributed by atoms with Gasteiger partial charge < -0.3 is 4.74 Å². The summed E-state index contributed by atoms with van der Waals surface area (Å²) in [6.07, 6.45) is -3.82. The molecule has 0 radical (unpaired) electrons. The molecule has 2 rings (SSSR count). The summed E-state index contributed by atoms with van der Waals surface area (Å²) in [5.74, 6) is -0.956. The van der Waals surface area contributed by atoms with Crippen molar-refractivity contribution in [3.63, 3.8) is 0 Å². The Morgan fingerprint density at radius 3 is 2.38 bits per heavy atom. The maximum atomic E-state index is 12.9. The van der Waals surface area contributed by atoms with E-state index in [1.165, 1.54) is 25.4 Å². The number of aromatic nitrogens is 1. The lowest BCUT2D eigenvalue weighted by atomic mass is 9.98. The van der Waals surface area contributed by atoms with E-state index in [0.717, 1.165) is 12.1 Å². The topological polar surface area (TPSA) is 56.3 Å². The second kappa shape index (κ2) is 7.25. The highest BCUT2D eigenvalue weighted by Crippen LogP contribution is 2.32. The van der Waals surface area contributed by atoms with Crippen LogP contribution in [-0.4, -0.2) is 23.7 Å². The molecule has 4 nitrogen and oxygen atoms in total. The first kappa shape index (κ1) is 17.7. The summed E-state index contributed by atoms with van der Waals surface area (Å²) in [6, 6.07) is 7.64. The Morgan fingerprint density at radius 2 is 1.71 bits per heavy atom. The number of alkyl halides is 3. The van der Waals surface area contributed by atoms with Crippen LogP contribution >= 0.6 is 0 Å². The molecular formula is C17H14F3NO3. The largest absolute Gasteiger partial charge is 0.494 e. The van der Waals surface area contributed by atoms with Gasteiger partial charge >= 0.3 is 6.18 Å². The van der Waals surface area contributed by atoms with Crippen molar-refractivity contribution in [3.8, 4) is 5.75 Å². The number of rotatable bonds is 6. The lowest BCUT2D eigenvalue weighted by Crippen LogP contribution is -2.14. The van der Waals surface area contributed by atoms with Gasteiger partial charge in [-0.3, -0.25) is 9.59 Å². The average molecular weight is 337 g/mol. The Kier molecular flexibility index (Phi) is 5.33. The van der Waals surface area contributed by atoms with E-state index >= 15 is 0 Å². The highest BCUT2D eigenvalue weighted by Gasteiger charge is 2.34. The fraction of sp³-hybridized carbons (Fsp3) is 0.235. The van der Waals surface area contributed by atoms with Crippen LogP contribution in [0.2, 0.25) is 0 Å². The third-order valence-corrected chi connectivity index (χ3v) is 3.37. The standard InChI is InChI=1S/C17H14F3NO3/c1-24-15-7-4-10-21-16(15)14(23)9-8-13(22)11-5-2-3-6-12(11)17(18,19)20/h2-7,10H,8-9H2,1H3. The normalized spacial score (nSPS) is 11.2. The second-order valence-electron chi connectivity index (χ2n) is 4.94. The van der Waals surface area contributed by atoms with Crippen molar-refractivity contribution in [2.45, 2.75) is 19.0 Å². The molecule has 0 N–H and O–H groups in total. The molecule has 24 heavy (non-hydrogen) atoms. The third kappa shape index (κ3) is 3.98. The Hall–Kier alpha value is -2.70. The molecule has 1 aromatic carbocycles. The maximum absolute atomic E-state index is 12.9. The van der Waals surface area contributed by atoms with Gasteiger partial charge in [0.25, 0.3) is 0 Å². The predicted molar refractivity (Wildman–Crippen MR) is 80.1 cm³/mol. The monoisotopic (exact) mass is 337 g/mol. The molecular weight excluding hydrogens is 323 g/mol. The zero-order valence-electron chi connectivity index (χ0n) is 12.8. The molecule has 0 fully saturated rings. The van der Waals surface area contributed by atoms with Gasteiger partial charge in [0.05, 0.1) is 12.7 Å². The molecule has 0 bridgehead atoms. The highest BCUT2D eigenvalue weighted by molar-refractivity contribution is 6.03. The number of hydrogen-bond acceptors (Lipinski definition) is 4. The van der Waals surface area contributed by atoms with Gasteiger partial charge in [0.1, 0.15) is 11.4 Å². The summed E-state index contributed by atoms with van der Waals surface area (Å²) in [5, 5.41) is 0. The van der Waals surface area contributed by atoms with E-state index in [9.17, 15) is 22.8 Å². The van der Waals surface area contributed by atoms with Crippen LogP contribution in [0.4, 0.5) is 13.2 Å². The molecule has 0 spiro atoms. The summed E-state index contributed by atoms with van der Waals surface area (Å²) in [6.45, 7) is 0. The average Bonchev–Trinajstić information content (AvgIpc) is 2.58. The minimum absolute atomic E-state index is 0.0527. The molecule has 0 atom stereocenters. The lowest BCUT2D eigenvalue weighted by molar-refractivity contribution is -0.137. The Labute approximate surface area is 136 Å². The Balaban J connectivity index is 2.13. The van der Waals surface area contributed by atoms with Crippen LogP contribution in [0.25, 0.3) is 0 Å². The highest BCUT2D eigenvalue weighted by atomic mass is 19.4. The Morgan fingerprint density at radius 1 is 1.04 bits per heavy atom. The third-order valence-electron chi connectivity index (χ3n) is 3.37. The molecule has 0 aliphatic carbocycles. The SMILES string of the molecule is COc1cccnc1C(=O)CCC(=O)c1ccccc1C(F)(F)F. The molecule has 126 valence electrons. The number of carbonyl (C=O) groups is 2. The quantitative estimate of drug-likeness (QED) is 0.749. The first-order valence-electron chi connectivity index (χ1n) is 7.06. The molecule has 2 aromatic rings. The summed E-state index contributed by atoms with van der Waals surface area (Å²) in [7, 11) is 1.37. The molecule has 0 aliphatic rings. The zero-order valence-corrected chi connectivity index (χ0v) is 12.8. The lowest BCUT2D eigenvalue weighted by Gasteiger charge is -2.11. The smallest absolute Gasteiger partial charge is 0.417 e. The fourth-order valence-corrected chi connectivity index (χ4v) is 2.22. The number of carbonyl (C=O) groups excluding carboxylic acids is 2. The number of ether oxygens (including phenoxy) is 1. The van der Waals surface area contributed by atoms with Gasteiger partial charge in [0.15, 0.2) is 11.6 Å². The van der Waals surface area contributed by atoms with Gasteiger partial charge in [-0.1, -0.05) is 18.2 Å². The number of benzene rings is 1. The van der Waals surface area contributed by atoms with Gasteiger partial charge in [0, 0.05) is 24.6 Å². The van der Waals surface area contributed by atoms with E-state index in [1.807, 2.05) is 0 Å². The fourth-order valence-electron chi connectivity index (χ4n) is 2.22. The zero-order chi connectivity index (χ0) is 17.7. The number of ketones is 2. The van der Waals surface area contributed by atoms with Crippen LogP contribution in [0.15, 0.2) is 42.6 Å². The van der Waals surface area contributed by atoms with Gasteiger partial charge in [-0.2, -0.15) is 13.2 Å². The van der Waals surface area contributed by atoms with Gasteiger partial charge in [0.2, 0.25) is 0 Å². The molecule has 0 saturated heterocycles. The van der Waals surface area contributed by atoms with Crippen molar-refractivity contribution < 1.29 is 27.5 Å². The number of halogens is 3. The minimum atomic E-state index is -4.62. The molecule has 7 heteroatoms. The van der Waals surface area contributed by atoms with Gasteiger partial charge in [-0.25, -0.2) is 4.98 Å². The molecule has 1 heterocycles. The van der Waals surface area contributed by atoms with Crippen LogP contribution in [0.1, 0.15) is 39.3 Å². The second-order valence-corrected chi connectivity index (χ2v) is 4.94. The number of pyridine rings is 1. The molecule has 0 aliphatic heterocycles. The van der Waals surface area contributed by atoms with E-state index in [1.54, 1.807) is 12.1 Å². The van der Waals surface area contributed by atoms with Crippen LogP contribution in [0.5, 0.6) is 5.75 Å². The molecule has 1 aromatic heterocycles. The first-order chi connectivity index (χ1) is 11.3. The van der Waals surface area contributed by atoms with E-state index < -0.39 is 28.9 Å².